The van der Waals surface area contributed by atoms with Gasteiger partial charge in [-0.2, -0.15) is 0 Å². The van der Waals surface area contributed by atoms with Crippen molar-refractivity contribution in [3.63, 3.8) is 0 Å². The van der Waals surface area contributed by atoms with Gasteiger partial charge in [-0.15, -0.1) is 0 Å². The van der Waals surface area contributed by atoms with Gasteiger partial charge in [0.1, 0.15) is 13.2 Å². The van der Waals surface area contributed by atoms with Gasteiger partial charge in [0.05, 0.1) is 0 Å². The molecule has 0 fully saturated rings. The molecule has 83 heavy (non-hydrogen) atoms. The van der Waals surface area contributed by atoms with Crippen molar-refractivity contribution < 1.29 is 28.6 Å². The first-order chi connectivity index (χ1) is 41.0. The highest BCUT2D eigenvalue weighted by Gasteiger charge is 2.19. The maximum Gasteiger partial charge on any atom is 0.306 e. The first kappa shape index (κ1) is 79.3. The van der Waals surface area contributed by atoms with Gasteiger partial charge in [0.15, 0.2) is 6.10 Å². The van der Waals surface area contributed by atoms with Crippen LogP contribution in [0.25, 0.3) is 0 Å². The molecule has 0 aliphatic rings. The second-order valence-corrected chi connectivity index (χ2v) is 23.7. The van der Waals surface area contributed by atoms with E-state index in [2.05, 4.69) is 118 Å². The van der Waals surface area contributed by atoms with E-state index in [0.717, 1.165) is 128 Å². The zero-order valence-electron chi connectivity index (χ0n) is 54.9. The third-order valence-corrected chi connectivity index (χ3v) is 15.6. The molecular formula is C77H134O6. The van der Waals surface area contributed by atoms with Crippen LogP contribution >= 0.6 is 0 Å². The maximum absolute atomic E-state index is 13.0. The Bertz CT molecular complexity index is 1610. The third kappa shape index (κ3) is 69.0. The van der Waals surface area contributed by atoms with Crippen LogP contribution in [0.1, 0.15) is 355 Å². The SMILES string of the molecule is CC/C=C\C/C=C\C/C=C\C/C=C\C/C=C\CCCCCCCCCCCCCCCCCC(=O)OCC(COC(=O)CCCCCCC/C=C\C/C=C\C/C=C\CC)OC(=O)CCCCCCCCCCCCCCCCCCCCC. The summed E-state index contributed by atoms with van der Waals surface area (Å²) >= 11 is 0. The highest BCUT2D eigenvalue weighted by Crippen LogP contribution is 2.18. The Morgan fingerprint density at radius 2 is 0.470 bits per heavy atom. The Morgan fingerprint density at radius 1 is 0.253 bits per heavy atom. The van der Waals surface area contributed by atoms with E-state index in [-0.39, 0.29) is 31.1 Å². The molecule has 6 nitrogen and oxygen atoms in total. The fourth-order valence-corrected chi connectivity index (χ4v) is 10.3. The number of hydrogen-bond donors (Lipinski definition) is 0. The standard InChI is InChI=1S/C77H134O6/c1-4-7-10-13-16-19-22-25-28-30-32-33-34-35-36-37-38-39-40-41-42-43-45-46-49-52-55-58-61-64-67-70-76(79)82-73-74(72-81-75(78)69-66-63-60-57-54-51-48-27-24-21-18-15-12-9-6-3)83-77(80)71-68-65-62-59-56-53-50-47-44-31-29-26-23-20-17-14-11-8-5-2/h7,9-10,12,16,18-19,21,25,27-28,32-33,35-36,48,74H,4-6,8,11,13-15,17,20,22-24,26,29-31,34,37-47,49-73H2,1-3H3/b10-7-,12-9-,19-16-,21-18-,28-25-,33-32-,36-35-,48-27-. The molecule has 0 aromatic rings. The lowest BCUT2D eigenvalue weighted by atomic mass is 10.0. The van der Waals surface area contributed by atoms with Crippen LogP contribution in [-0.2, 0) is 28.6 Å². The molecule has 0 rings (SSSR count). The van der Waals surface area contributed by atoms with Gasteiger partial charge in [-0.1, -0.05) is 336 Å². The molecule has 0 heterocycles. The summed E-state index contributed by atoms with van der Waals surface area (Å²) < 4.78 is 17.0. The summed E-state index contributed by atoms with van der Waals surface area (Å²) in [5, 5.41) is 0. The smallest absolute Gasteiger partial charge is 0.306 e. The zero-order valence-corrected chi connectivity index (χ0v) is 54.9. The Hall–Kier alpha value is -3.67. The summed E-state index contributed by atoms with van der Waals surface area (Å²) in [6, 6.07) is 0. The Kier molecular flexibility index (Phi) is 67.7. The number of ether oxygens (including phenoxy) is 3. The molecular weight excluding hydrogens is 1020 g/mol. The second-order valence-electron chi connectivity index (χ2n) is 23.7. The molecule has 0 saturated heterocycles. The van der Waals surface area contributed by atoms with Crippen molar-refractivity contribution in [2.75, 3.05) is 13.2 Å². The number of unbranched alkanes of at least 4 members (excludes halogenated alkanes) is 38. The Morgan fingerprint density at radius 3 is 0.735 bits per heavy atom. The van der Waals surface area contributed by atoms with Crippen molar-refractivity contribution in [3.05, 3.63) is 97.2 Å². The largest absolute Gasteiger partial charge is 0.462 e. The summed E-state index contributed by atoms with van der Waals surface area (Å²) in [5.74, 6) is -0.876. The van der Waals surface area contributed by atoms with Gasteiger partial charge in [0, 0.05) is 19.3 Å². The van der Waals surface area contributed by atoms with Crippen LogP contribution in [0.3, 0.4) is 0 Å². The van der Waals surface area contributed by atoms with Crippen molar-refractivity contribution in [2.45, 2.75) is 361 Å². The number of esters is 3. The minimum atomic E-state index is -0.784. The van der Waals surface area contributed by atoms with Crippen molar-refractivity contribution in [1.82, 2.24) is 0 Å². The molecule has 0 aliphatic carbocycles. The van der Waals surface area contributed by atoms with Crippen molar-refractivity contribution in [3.8, 4) is 0 Å². The van der Waals surface area contributed by atoms with E-state index in [0.29, 0.717) is 19.3 Å². The van der Waals surface area contributed by atoms with E-state index in [1.165, 1.54) is 186 Å². The molecule has 0 aromatic heterocycles. The number of hydrogen-bond acceptors (Lipinski definition) is 6. The van der Waals surface area contributed by atoms with Crippen molar-refractivity contribution in [1.29, 1.82) is 0 Å². The quantitative estimate of drug-likeness (QED) is 0.0261. The molecule has 1 atom stereocenters. The molecule has 0 N–H and O–H groups in total. The molecule has 0 aliphatic heterocycles. The number of rotatable bonds is 65. The van der Waals surface area contributed by atoms with E-state index < -0.39 is 6.10 Å². The van der Waals surface area contributed by atoms with Crippen LogP contribution in [0, 0.1) is 0 Å². The van der Waals surface area contributed by atoms with Crippen molar-refractivity contribution in [2.24, 2.45) is 0 Å². The summed E-state index contributed by atoms with van der Waals surface area (Å²) in [6.07, 6.45) is 95.8. The molecule has 0 amide bonds. The van der Waals surface area contributed by atoms with Crippen molar-refractivity contribution >= 4 is 17.9 Å². The Balaban J connectivity index is 4.25. The van der Waals surface area contributed by atoms with Gasteiger partial charge in [-0.3, -0.25) is 14.4 Å². The average Bonchev–Trinajstić information content (AvgIpc) is 3.49. The lowest BCUT2D eigenvalue weighted by molar-refractivity contribution is -0.167. The fraction of sp³-hybridized carbons (Fsp3) is 0.753. The van der Waals surface area contributed by atoms with E-state index in [4.69, 9.17) is 14.2 Å². The fourth-order valence-electron chi connectivity index (χ4n) is 10.3. The van der Waals surface area contributed by atoms with Gasteiger partial charge in [0.25, 0.3) is 0 Å². The second kappa shape index (κ2) is 70.8. The first-order valence-electron chi connectivity index (χ1n) is 35.7. The zero-order chi connectivity index (χ0) is 59.9. The topological polar surface area (TPSA) is 78.9 Å². The summed E-state index contributed by atoms with van der Waals surface area (Å²) in [4.78, 5) is 38.5. The summed E-state index contributed by atoms with van der Waals surface area (Å²) in [5.41, 5.74) is 0. The minimum absolute atomic E-state index is 0.0789. The van der Waals surface area contributed by atoms with Crippen LogP contribution < -0.4 is 0 Å². The van der Waals surface area contributed by atoms with Crippen LogP contribution in [0.2, 0.25) is 0 Å². The maximum atomic E-state index is 13.0. The molecule has 0 spiro atoms. The highest BCUT2D eigenvalue weighted by atomic mass is 16.6. The summed E-state index contributed by atoms with van der Waals surface area (Å²) in [6.45, 7) is 6.45. The predicted molar refractivity (Wildman–Crippen MR) is 362 cm³/mol. The molecule has 0 saturated carbocycles. The molecule has 478 valence electrons. The normalized spacial score (nSPS) is 12.7. The lowest BCUT2D eigenvalue weighted by Gasteiger charge is -2.18. The van der Waals surface area contributed by atoms with Crippen LogP contribution in [-0.4, -0.2) is 37.2 Å². The number of allylic oxidation sites excluding steroid dienone is 16. The Labute approximate surface area is 515 Å². The van der Waals surface area contributed by atoms with Crippen LogP contribution in [0.15, 0.2) is 97.2 Å². The number of carbonyl (C=O) groups is 3. The molecule has 0 aromatic carbocycles. The van der Waals surface area contributed by atoms with Gasteiger partial charge in [-0.05, 0) is 96.3 Å². The minimum Gasteiger partial charge on any atom is -0.462 e. The van der Waals surface area contributed by atoms with Gasteiger partial charge < -0.3 is 14.2 Å². The van der Waals surface area contributed by atoms with Crippen LogP contribution in [0.4, 0.5) is 0 Å². The first-order valence-corrected chi connectivity index (χ1v) is 35.7. The molecule has 0 radical (unpaired) electrons. The van der Waals surface area contributed by atoms with Gasteiger partial charge in [-0.25, -0.2) is 0 Å². The summed E-state index contributed by atoms with van der Waals surface area (Å²) in [7, 11) is 0. The predicted octanol–water partition coefficient (Wildman–Crippen LogP) is 24.8. The molecule has 0 bridgehead atoms. The van der Waals surface area contributed by atoms with Gasteiger partial charge in [0.2, 0.25) is 0 Å². The number of carbonyl (C=O) groups excluding carboxylic acids is 3. The van der Waals surface area contributed by atoms with E-state index in [1.807, 2.05) is 0 Å². The molecule has 1 unspecified atom stereocenters. The highest BCUT2D eigenvalue weighted by molar-refractivity contribution is 5.71. The monoisotopic (exact) mass is 1160 g/mol. The molecule has 6 heteroatoms. The lowest BCUT2D eigenvalue weighted by Crippen LogP contribution is -2.30. The van der Waals surface area contributed by atoms with Gasteiger partial charge >= 0.3 is 17.9 Å². The van der Waals surface area contributed by atoms with E-state index >= 15 is 0 Å². The van der Waals surface area contributed by atoms with E-state index in [9.17, 15) is 14.4 Å². The van der Waals surface area contributed by atoms with E-state index in [1.54, 1.807) is 0 Å². The average molecular weight is 1160 g/mol. The van der Waals surface area contributed by atoms with Crippen LogP contribution in [0.5, 0.6) is 0 Å². The third-order valence-electron chi connectivity index (χ3n) is 15.6.